The number of likely N-dealkylation sites (tertiary alicyclic amines) is 1. The van der Waals surface area contributed by atoms with Gasteiger partial charge >= 0.3 is 0 Å². The zero-order valence-electron chi connectivity index (χ0n) is 24.6. The highest BCUT2D eigenvalue weighted by atomic mass is 32.1. The van der Waals surface area contributed by atoms with E-state index in [9.17, 15) is 15.2 Å². The van der Waals surface area contributed by atoms with Crippen LogP contribution in [0.1, 0.15) is 50.1 Å². The molecule has 42 heavy (non-hydrogen) atoms. The van der Waals surface area contributed by atoms with Gasteiger partial charge in [0.05, 0.1) is 59.0 Å². The first-order valence-corrected chi connectivity index (χ1v) is 14.9. The van der Waals surface area contributed by atoms with Crippen molar-refractivity contribution in [2.24, 2.45) is 0 Å². The van der Waals surface area contributed by atoms with Gasteiger partial charge in [-0.1, -0.05) is 20.8 Å². The highest BCUT2D eigenvalue weighted by Crippen LogP contribution is 2.47. The third kappa shape index (κ3) is 4.90. The number of ether oxygens (including phenoxy) is 1. The Morgan fingerprint density at radius 3 is 2.79 bits per heavy atom. The van der Waals surface area contributed by atoms with E-state index in [1.54, 1.807) is 18.3 Å². The summed E-state index contributed by atoms with van der Waals surface area (Å²) in [6.07, 6.45) is 5.50. The Morgan fingerprint density at radius 2 is 2.10 bits per heavy atom. The summed E-state index contributed by atoms with van der Waals surface area (Å²) in [4.78, 5) is 22.9. The summed E-state index contributed by atoms with van der Waals surface area (Å²) in [5.41, 5.74) is 4.08. The van der Waals surface area contributed by atoms with Crippen molar-refractivity contribution in [3.63, 3.8) is 0 Å². The molecule has 0 amide bonds. The minimum Gasteiger partial charge on any atom is -0.489 e. The lowest BCUT2D eigenvalue weighted by Crippen LogP contribution is -2.42. The number of aliphatic hydroxyl groups is 1. The summed E-state index contributed by atoms with van der Waals surface area (Å²) < 4.78 is 8.49. The van der Waals surface area contributed by atoms with Crippen LogP contribution in [0.5, 0.6) is 5.75 Å². The molecule has 0 unspecified atom stereocenters. The van der Waals surface area contributed by atoms with Crippen molar-refractivity contribution in [3.05, 3.63) is 69.1 Å². The molecular formula is C32H34N6O3S. The molecule has 0 spiro atoms. The zero-order valence-corrected chi connectivity index (χ0v) is 25.4. The van der Waals surface area contributed by atoms with E-state index in [1.165, 1.54) is 16.0 Å². The molecule has 0 radical (unpaired) electrons. The largest absolute Gasteiger partial charge is 0.489 e. The zero-order chi connectivity index (χ0) is 29.8. The first kappa shape index (κ1) is 28.2. The van der Waals surface area contributed by atoms with Crippen LogP contribution in [-0.4, -0.2) is 69.7 Å². The van der Waals surface area contributed by atoms with Gasteiger partial charge in [-0.25, -0.2) is 4.68 Å². The third-order valence-electron chi connectivity index (χ3n) is 8.60. The molecule has 2 atom stereocenters. The quantitative estimate of drug-likeness (QED) is 0.377. The van der Waals surface area contributed by atoms with Gasteiger partial charge in [-0.2, -0.15) is 15.3 Å². The van der Waals surface area contributed by atoms with Crippen LogP contribution in [0.2, 0.25) is 0 Å². The number of likely N-dealkylation sites (N-methyl/N-ethyl adjacent to an activating group) is 1. The second-order valence-corrected chi connectivity index (χ2v) is 13.7. The van der Waals surface area contributed by atoms with Crippen molar-refractivity contribution in [2.75, 3.05) is 38.3 Å². The van der Waals surface area contributed by atoms with Crippen LogP contribution in [-0.2, 0) is 12.0 Å². The van der Waals surface area contributed by atoms with Crippen molar-refractivity contribution in [2.45, 2.75) is 57.7 Å². The monoisotopic (exact) mass is 582 g/mol. The maximum Gasteiger partial charge on any atom is 0.267 e. The number of aromatic nitrogens is 3. The molecule has 2 aliphatic heterocycles. The van der Waals surface area contributed by atoms with Gasteiger partial charge in [-0.15, -0.1) is 11.3 Å². The van der Waals surface area contributed by atoms with E-state index >= 15 is 0 Å². The van der Waals surface area contributed by atoms with Gasteiger partial charge in [0.1, 0.15) is 12.4 Å². The third-order valence-corrected chi connectivity index (χ3v) is 9.73. The number of anilines is 1. The van der Waals surface area contributed by atoms with E-state index in [2.05, 4.69) is 73.0 Å². The molecule has 0 bridgehead atoms. The minimum atomic E-state index is -0.306. The van der Waals surface area contributed by atoms with E-state index < -0.39 is 0 Å². The van der Waals surface area contributed by atoms with Gasteiger partial charge in [0.15, 0.2) is 0 Å². The smallest absolute Gasteiger partial charge is 0.267 e. The number of nitriles is 1. The summed E-state index contributed by atoms with van der Waals surface area (Å²) in [5.74, 6) is 0.667. The Balaban J connectivity index is 1.43. The number of aliphatic hydroxyl groups excluding tert-OH is 1. The number of benzene rings is 1. The van der Waals surface area contributed by atoms with Crippen molar-refractivity contribution < 1.29 is 9.84 Å². The highest BCUT2D eigenvalue weighted by molar-refractivity contribution is 7.19. The fourth-order valence-electron chi connectivity index (χ4n) is 5.93. The molecule has 0 aliphatic carbocycles. The molecule has 2 aliphatic rings. The van der Waals surface area contributed by atoms with E-state index in [4.69, 9.17) is 4.74 Å². The van der Waals surface area contributed by atoms with E-state index in [0.29, 0.717) is 31.0 Å². The van der Waals surface area contributed by atoms with Crippen molar-refractivity contribution in [1.82, 2.24) is 19.7 Å². The Hall–Kier alpha value is -3.96. The van der Waals surface area contributed by atoms with Crippen LogP contribution in [0, 0.1) is 23.6 Å². The second kappa shape index (κ2) is 10.4. The first-order chi connectivity index (χ1) is 20.0. The van der Waals surface area contributed by atoms with E-state index in [-0.39, 0.29) is 29.2 Å². The van der Waals surface area contributed by atoms with Crippen LogP contribution in [0.15, 0.2) is 35.3 Å². The second-order valence-electron chi connectivity index (χ2n) is 12.6. The van der Waals surface area contributed by atoms with Gasteiger partial charge in [0.25, 0.3) is 5.56 Å². The summed E-state index contributed by atoms with van der Waals surface area (Å²) in [7, 11) is 2.05. The van der Waals surface area contributed by atoms with Crippen molar-refractivity contribution >= 4 is 27.2 Å². The molecule has 1 N–H and O–H groups in total. The summed E-state index contributed by atoms with van der Waals surface area (Å²) in [5, 5.41) is 24.5. The maximum atomic E-state index is 12.9. The Labute approximate surface area is 249 Å². The van der Waals surface area contributed by atoms with Crippen LogP contribution >= 0.6 is 11.3 Å². The molecule has 0 saturated carbocycles. The molecule has 1 fully saturated rings. The Kier molecular flexibility index (Phi) is 6.97. The topological polar surface area (TPSA) is 108 Å². The lowest BCUT2D eigenvalue weighted by Gasteiger charge is -2.37. The molecule has 1 saturated heterocycles. The van der Waals surface area contributed by atoms with E-state index in [1.807, 2.05) is 12.1 Å². The first-order valence-electron chi connectivity index (χ1n) is 14.1. The number of fused-ring (bicyclic) bond motifs is 2. The number of nitrogens with zero attached hydrogens (tertiary/aromatic N) is 6. The Morgan fingerprint density at radius 1 is 1.29 bits per heavy atom. The van der Waals surface area contributed by atoms with E-state index in [0.717, 1.165) is 50.4 Å². The predicted molar refractivity (Wildman–Crippen MR) is 163 cm³/mol. The molecule has 9 nitrogen and oxygen atoms in total. The molecular weight excluding hydrogens is 548 g/mol. The summed E-state index contributed by atoms with van der Waals surface area (Å²) >= 11 is 1.54. The number of rotatable bonds is 5. The van der Waals surface area contributed by atoms with Crippen LogP contribution < -0.4 is 15.2 Å². The molecule has 5 heterocycles. The van der Waals surface area contributed by atoms with Gasteiger partial charge in [-0.3, -0.25) is 9.69 Å². The highest BCUT2D eigenvalue weighted by Gasteiger charge is 2.43. The Bertz CT molecular complexity index is 1770. The average Bonchev–Trinajstić information content (AvgIpc) is 3.52. The summed E-state index contributed by atoms with van der Waals surface area (Å²) in [6, 6.07) is 13.0. The lowest BCUT2D eigenvalue weighted by atomic mass is 9.89. The van der Waals surface area contributed by atoms with Gasteiger partial charge in [0, 0.05) is 46.9 Å². The SMILES string of the molecule is CN1C[C@@H](N2CCOc3cc(C#N)cc(-c4c#cnc5cc(Cn6ncc(C(C)(C)C)cc6=O)sc45)c32)C[C@]1(C)CO. The predicted octanol–water partition coefficient (Wildman–Crippen LogP) is 3.99. The van der Waals surface area contributed by atoms with Crippen molar-refractivity contribution in [3.8, 4) is 22.9 Å². The summed E-state index contributed by atoms with van der Waals surface area (Å²) in [6.45, 7) is 10.7. The number of hydrogen-bond donors (Lipinski definition) is 1. The van der Waals surface area contributed by atoms with Crippen LogP contribution in [0.25, 0.3) is 21.3 Å². The molecule has 1 aromatic carbocycles. The van der Waals surface area contributed by atoms with Crippen LogP contribution in [0.3, 0.4) is 0 Å². The fourth-order valence-corrected chi connectivity index (χ4v) is 7.02. The average molecular weight is 583 g/mol. The molecule has 3 aromatic heterocycles. The van der Waals surface area contributed by atoms with Gasteiger partial charge in [0.2, 0.25) is 0 Å². The maximum absolute atomic E-state index is 12.9. The van der Waals surface area contributed by atoms with Gasteiger partial charge in [-0.05, 0) is 49.6 Å². The normalized spacial score (nSPS) is 20.7. The molecule has 4 aromatic rings. The van der Waals surface area contributed by atoms with Gasteiger partial charge < -0.3 is 14.7 Å². The standard InChI is InChI=1S/C32H34N6O3S/c1-31(2,3)21-12-28(40)38(35-16-21)18-23-13-26-30(42-23)24(6-7-34-26)25-10-20(15-33)11-27-29(25)37(8-9-41-27)22-14-32(4,19-39)36(5)17-22/h10-13,16,22,39H,8-9,14,17-19H2,1-5H3/t22-,32+/m0/s1. The number of hydrogen-bond acceptors (Lipinski definition) is 9. The van der Waals surface area contributed by atoms with Crippen LogP contribution in [0.4, 0.5) is 5.69 Å². The number of thiophene rings is 1. The molecule has 10 heteroatoms. The molecule has 6 rings (SSSR count). The lowest BCUT2D eigenvalue weighted by molar-refractivity contribution is 0.100. The van der Waals surface area contributed by atoms with Crippen molar-refractivity contribution in [1.29, 1.82) is 5.26 Å². The molecule has 216 valence electrons. The minimum absolute atomic E-state index is 0.0833. The fraction of sp³-hybridized carbons (Fsp3) is 0.438.